The van der Waals surface area contributed by atoms with Gasteiger partial charge in [0.25, 0.3) is 0 Å². The second kappa shape index (κ2) is 8.67. The van der Waals surface area contributed by atoms with E-state index in [2.05, 4.69) is 10.5 Å². The molecule has 1 amide bonds. The molecule has 1 unspecified atom stereocenters. The van der Waals surface area contributed by atoms with Gasteiger partial charge in [-0.25, -0.2) is 4.39 Å². The lowest BCUT2D eigenvalue weighted by Gasteiger charge is -2.22. The summed E-state index contributed by atoms with van der Waals surface area (Å²) in [6.07, 6.45) is 5.25. The van der Waals surface area contributed by atoms with Gasteiger partial charge in [0.2, 0.25) is 5.91 Å². The molecule has 0 saturated carbocycles. The molecular formula is C24H23Cl2FN2O3S. The van der Waals surface area contributed by atoms with Crippen LogP contribution < -0.4 is 5.32 Å². The standard InChI is InChI=1S/C24H23Cl2FN2O3S/c1-24(13-9-16(25)20(27)17(26)10-13)11-18(29-32-24)21-14-4-2-3-5-15(14)22(33-21)19(30)8-12-6-7-28-23(12)31/h9-10,12H,2-8,11H2,1H3,(H,28,31)/t12-,24?/m0/s1. The van der Waals surface area contributed by atoms with Crippen LogP contribution in [0.2, 0.25) is 10.0 Å². The summed E-state index contributed by atoms with van der Waals surface area (Å²) in [5.74, 6) is -0.900. The Morgan fingerprint density at radius 2 is 1.97 bits per heavy atom. The van der Waals surface area contributed by atoms with Crippen molar-refractivity contribution in [3.05, 3.63) is 54.4 Å². The number of ketones is 1. The summed E-state index contributed by atoms with van der Waals surface area (Å²) in [6, 6.07) is 3.04. The number of halogens is 3. The third-order valence-corrected chi connectivity index (χ3v) is 8.70. The van der Waals surface area contributed by atoms with E-state index in [0.29, 0.717) is 24.9 Å². The highest BCUT2D eigenvalue weighted by molar-refractivity contribution is 7.16. The van der Waals surface area contributed by atoms with Gasteiger partial charge in [-0.1, -0.05) is 28.4 Å². The molecule has 1 aromatic carbocycles. The Bertz CT molecular complexity index is 1170. The maximum Gasteiger partial charge on any atom is 0.223 e. The highest BCUT2D eigenvalue weighted by atomic mass is 35.5. The summed E-state index contributed by atoms with van der Waals surface area (Å²) in [6.45, 7) is 2.50. The number of fused-ring (bicyclic) bond motifs is 1. The van der Waals surface area contributed by atoms with Crippen molar-refractivity contribution in [3.8, 4) is 0 Å². The molecule has 2 aliphatic heterocycles. The van der Waals surface area contributed by atoms with E-state index < -0.39 is 11.4 Å². The first-order chi connectivity index (χ1) is 15.8. The Labute approximate surface area is 205 Å². The van der Waals surface area contributed by atoms with Crippen LogP contribution in [0.15, 0.2) is 17.3 Å². The molecule has 174 valence electrons. The molecule has 1 saturated heterocycles. The number of amides is 1. The number of thiophene rings is 1. The van der Waals surface area contributed by atoms with Gasteiger partial charge in [0.15, 0.2) is 17.2 Å². The minimum Gasteiger partial charge on any atom is -0.384 e. The zero-order valence-corrected chi connectivity index (χ0v) is 20.4. The minimum atomic E-state index is -0.839. The van der Waals surface area contributed by atoms with E-state index in [9.17, 15) is 14.0 Å². The van der Waals surface area contributed by atoms with Gasteiger partial charge in [-0.2, -0.15) is 0 Å². The van der Waals surface area contributed by atoms with Crippen LogP contribution in [0.25, 0.3) is 0 Å². The van der Waals surface area contributed by atoms with E-state index in [1.807, 2.05) is 6.92 Å². The first-order valence-corrected chi connectivity index (χ1v) is 12.7. The molecule has 1 aromatic heterocycles. The molecule has 9 heteroatoms. The number of hydrogen-bond donors (Lipinski definition) is 1. The van der Waals surface area contributed by atoms with E-state index >= 15 is 0 Å². The molecule has 3 heterocycles. The molecule has 5 nitrogen and oxygen atoms in total. The lowest BCUT2D eigenvalue weighted by Crippen LogP contribution is -2.22. The quantitative estimate of drug-likeness (QED) is 0.408. The average molecular weight is 509 g/mol. The van der Waals surface area contributed by atoms with Gasteiger partial charge in [0, 0.05) is 30.9 Å². The van der Waals surface area contributed by atoms with Gasteiger partial charge in [0.05, 0.1) is 19.8 Å². The zero-order valence-electron chi connectivity index (χ0n) is 18.1. The zero-order chi connectivity index (χ0) is 23.3. The molecule has 0 radical (unpaired) electrons. The number of nitrogens with one attached hydrogen (secondary N) is 1. The van der Waals surface area contributed by atoms with Gasteiger partial charge < -0.3 is 10.2 Å². The van der Waals surface area contributed by atoms with Crippen LogP contribution in [0.3, 0.4) is 0 Å². The number of carbonyl (C=O) groups is 2. The third-order valence-electron chi connectivity index (χ3n) is 6.79. The fourth-order valence-electron chi connectivity index (χ4n) is 4.92. The highest BCUT2D eigenvalue weighted by Crippen LogP contribution is 2.43. The van der Waals surface area contributed by atoms with Crippen LogP contribution in [-0.4, -0.2) is 23.9 Å². The molecule has 0 spiro atoms. The number of hydrogen-bond acceptors (Lipinski definition) is 5. The van der Waals surface area contributed by atoms with Crippen molar-refractivity contribution in [2.75, 3.05) is 6.54 Å². The topological polar surface area (TPSA) is 67.8 Å². The summed E-state index contributed by atoms with van der Waals surface area (Å²) in [4.78, 5) is 32.8. The Kier molecular flexibility index (Phi) is 6.00. The molecule has 0 bridgehead atoms. The van der Waals surface area contributed by atoms with Crippen molar-refractivity contribution >= 4 is 51.9 Å². The molecule has 1 fully saturated rings. The number of nitrogens with zero attached hydrogens (tertiary/aromatic N) is 1. The molecule has 2 aromatic rings. The number of oxime groups is 1. The maximum atomic E-state index is 13.9. The smallest absolute Gasteiger partial charge is 0.223 e. The normalized spacial score (nSPS) is 24.3. The van der Waals surface area contributed by atoms with Gasteiger partial charge in [-0.3, -0.25) is 9.59 Å². The summed E-state index contributed by atoms with van der Waals surface area (Å²) in [5.41, 5.74) is 2.86. The lowest BCUT2D eigenvalue weighted by molar-refractivity contribution is -0.122. The second-order valence-electron chi connectivity index (χ2n) is 9.12. The molecule has 1 aliphatic carbocycles. The molecule has 5 rings (SSSR count). The largest absolute Gasteiger partial charge is 0.384 e. The predicted molar refractivity (Wildman–Crippen MR) is 127 cm³/mol. The van der Waals surface area contributed by atoms with Crippen molar-refractivity contribution in [1.82, 2.24) is 5.32 Å². The highest BCUT2D eigenvalue weighted by Gasteiger charge is 2.40. The molecule has 2 atom stereocenters. The Balaban J connectivity index is 1.44. The van der Waals surface area contributed by atoms with E-state index in [0.717, 1.165) is 46.7 Å². The van der Waals surface area contributed by atoms with Crippen LogP contribution in [0.4, 0.5) is 4.39 Å². The van der Waals surface area contributed by atoms with Crippen molar-refractivity contribution in [3.63, 3.8) is 0 Å². The first kappa shape index (κ1) is 22.8. The summed E-state index contributed by atoms with van der Waals surface area (Å²) in [7, 11) is 0. The van der Waals surface area contributed by atoms with Gasteiger partial charge in [-0.05, 0) is 62.3 Å². The Hall–Kier alpha value is -1.96. The second-order valence-corrected chi connectivity index (χ2v) is 11.0. The third kappa shape index (κ3) is 4.08. The number of Topliss-reactive ketones (excluding diaryl/α,β-unsaturated/α-hetero) is 1. The molecular weight excluding hydrogens is 486 g/mol. The van der Waals surface area contributed by atoms with Crippen LogP contribution >= 0.6 is 34.5 Å². The fourth-order valence-corrected chi connectivity index (χ4v) is 6.74. The van der Waals surface area contributed by atoms with Gasteiger partial charge in [0.1, 0.15) is 5.71 Å². The number of carbonyl (C=O) groups excluding carboxylic acids is 2. The van der Waals surface area contributed by atoms with E-state index in [4.69, 9.17) is 28.0 Å². The summed E-state index contributed by atoms with van der Waals surface area (Å²) >= 11 is 13.5. The van der Waals surface area contributed by atoms with Crippen LogP contribution in [0.5, 0.6) is 0 Å². The monoisotopic (exact) mass is 508 g/mol. The van der Waals surface area contributed by atoms with Crippen molar-refractivity contribution in [1.29, 1.82) is 0 Å². The molecule has 3 aliphatic rings. The Morgan fingerprint density at radius 3 is 2.64 bits per heavy atom. The fraction of sp³-hybridized carbons (Fsp3) is 0.458. The molecule has 1 N–H and O–H groups in total. The van der Waals surface area contributed by atoms with Crippen molar-refractivity contribution < 1.29 is 18.8 Å². The van der Waals surface area contributed by atoms with Crippen LogP contribution in [0, 0.1) is 11.7 Å². The number of benzene rings is 1. The number of rotatable bonds is 5. The van der Waals surface area contributed by atoms with E-state index in [1.165, 1.54) is 29.0 Å². The van der Waals surface area contributed by atoms with Crippen molar-refractivity contribution in [2.45, 2.75) is 57.5 Å². The predicted octanol–water partition coefficient (Wildman–Crippen LogP) is 5.82. The summed E-state index contributed by atoms with van der Waals surface area (Å²) < 4.78 is 13.9. The average Bonchev–Trinajstić information content (AvgIpc) is 3.49. The summed E-state index contributed by atoms with van der Waals surface area (Å²) in [5, 5.41) is 7.07. The molecule has 33 heavy (non-hydrogen) atoms. The van der Waals surface area contributed by atoms with Crippen LogP contribution in [0.1, 0.15) is 70.3 Å². The minimum absolute atomic E-state index is 0.0325. The maximum absolute atomic E-state index is 13.9. The van der Waals surface area contributed by atoms with Crippen molar-refractivity contribution in [2.24, 2.45) is 11.1 Å². The SMILES string of the molecule is CC1(c2cc(Cl)c(F)c(Cl)c2)CC(c2sc(C(=O)C[C@@H]3CCNC3=O)c3c2CCCC3)=NO1. The van der Waals surface area contributed by atoms with Gasteiger partial charge in [-0.15, -0.1) is 11.3 Å². The van der Waals surface area contributed by atoms with E-state index in [1.54, 1.807) is 0 Å². The van der Waals surface area contributed by atoms with Crippen LogP contribution in [-0.2, 0) is 28.1 Å². The van der Waals surface area contributed by atoms with E-state index in [-0.39, 0.29) is 34.1 Å². The lowest BCUT2D eigenvalue weighted by atomic mass is 9.86. The first-order valence-electron chi connectivity index (χ1n) is 11.1. The van der Waals surface area contributed by atoms with Gasteiger partial charge >= 0.3 is 0 Å². The Morgan fingerprint density at radius 1 is 1.27 bits per heavy atom.